The molecule has 2 rings (SSSR count). The van der Waals surface area contributed by atoms with E-state index in [1.807, 2.05) is 19.1 Å². The van der Waals surface area contributed by atoms with Gasteiger partial charge in [-0.05, 0) is 81.1 Å². The van der Waals surface area contributed by atoms with Crippen molar-refractivity contribution in [3.63, 3.8) is 0 Å². The first kappa shape index (κ1) is 27.8. The predicted octanol–water partition coefficient (Wildman–Crippen LogP) is 4.31. The number of methoxy groups -OCH3 is 1. The van der Waals surface area contributed by atoms with Gasteiger partial charge in [-0.1, -0.05) is 43.2 Å². The molecule has 0 saturated heterocycles. The molecule has 0 fully saturated rings. The van der Waals surface area contributed by atoms with Crippen LogP contribution in [0.4, 0.5) is 5.69 Å². The zero-order chi connectivity index (χ0) is 25.0. The van der Waals surface area contributed by atoms with Crippen LogP contribution in [-0.2, 0) is 26.0 Å². The fraction of sp³-hybridized carbons (Fsp3) is 0.440. The Morgan fingerprint density at radius 3 is 2.32 bits per heavy atom. The van der Waals surface area contributed by atoms with Crippen molar-refractivity contribution in [3.8, 4) is 0 Å². The second-order valence-electron chi connectivity index (χ2n) is 8.19. The van der Waals surface area contributed by atoms with Crippen LogP contribution in [0.2, 0.25) is 0 Å². The number of anilines is 1. The quantitative estimate of drug-likeness (QED) is 0.212. The molecule has 0 radical (unpaired) electrons. The van der Waals surface area contributed by atoms with E-state index in [2.05, 4.69) is 34.4 Å². The van der Waals surface area contributed by atoms with Gasteiger partial charge in [0.1, 0.15) is 6.04 Å². The Balaban J connectivity index is 1.77. The number of rotatable bonds is 13. The van der Waals surface area contributed by atoms with E-state index in [0.717, 1.165) is 17.7 Å². The van der Waals surface area contributed by atoms with Crippen LogP contribution in [0.1, 0.15) is 50.2 Å². The second kappa shape index (κ2) is 14.0. The monoisotopic (exact) mass is 505 g/mol. The molecule has 186 valence electrons. The lowest BCUT2D eigenvalue weighted by Crippen LogP contribution is -2.41. The first-order valence-electron chi connectivity index (χ1n) is 11.6. The van der Waals surface area contributed by atoms with Crippen LogP contribution in [0.5, 0.6) is 0 Å². The third-order valence-electron chi connectivity index (χ3n) is 5.35. The molecule has 7 nitrogen and oxygen atoms in total. The Morgan fingerprint density at radius 2 is 1.71 bits per heavy atom. The summed E-state index contributed by atoms with van der Waals surface area (Å²) in [4.78, 5) is 12.3. The number of sulfonamides is 1. The molecule has 9 heteroatoms. The van der Waals surface area contributed by atoms with Crippen molar-refractivity contribution < 1.29 is 17.9 Å². The van der Waals surface area contributed by atoms with Gasteiger partial charge in [0.15, 0.2) is 5.11 Å². The van der Waals surface area contributed by atoms with E-state index in [-0.39, 0.29) is 4.90 Å². The molecule has 1 atom stereocenters. The first-order valence-corrected chi connectivity index (χ1v) is 13.4. The molecular weight excluding hydrogens is 470 g/mol. The molecule has 2 aromatic rings. The lowest BCUT2D eigenvalue weighted by Gasteiger charge is -2.17. The Morgan fingerprint density at radius 1 is 1.03 bits per heavy atom. The van der Waals surface area contributed by atoms with Gasteiger partial charge < -0.3 is 15.4 Å². The number of carbonyl (C=O) groups excluding carboxylic acids is 1. The van der Waals surface area contributed by atoms with Gasteiger partial charge in [0, 0.05) is 12.2 Å². The van der Waals surface area contributed by atoms with Crippen LogP contribution >= 0.6 is 12.2 Å². The number of nitrogens with one attached hydrogen (secondary N) is 3. The van der Waals surface area contributed by atoms with E-state index < -0.39 is 22.0 Å². The summed E-state index contributed by atoms with van der Waals surface area (Å²) in [7, 11) is -2.58. The van der Waals surface area contributed by atoms with Crippen molar-refractivity contribution in [2.75, 3.05) is 19.0 Å². The zero-order valence-corrected chi connectivity index (χ0v) is 21.7. The lowest BCUT2D eigenvalue weighted by molar-refractivity contribution is -0.142. The molecule has 0 aromatic heterocycles. The van der Waals surface area contributed by atoms with Gasteiger partial charge >= 0.3 is 5.97 Å². The molecule has 1 unspecified atom stereocenters. The van der Waals surface area contributed by atoms with Gasteiger partial charge in [-0.2, -0.15) is 4.72 Å². The number of esters is 1. The minimum absolute atomic E-state index is 0.114. The van der Waals surface area contributed by atoms with Crippen LogP contribution < -0.4 is 15.4 Å². The number of hydrogen-bond acceptors (Lipinski definition) is 5. The number of unbranched alkanes of at least 4 members (excludes halogenated alkanes) is 2. The maximum atomic E-state index is 12.6. The van der Waals surface area contributed by atoms with Crippen molar-refractivity contribution in [2.45, 2.75) is 63.3 Å². The Bertz CT molecular complexity index is 1020. The van der Waals surface area contributed by atoms with Gasteiger partial charge in [0.25, 0.3) is 0 Å². The number of aryl methyl sites for hydroxylation is 2. The van der Waals surface area contributed by atoms with E-state index in [0.29, 0.717) is 30.9 Å². The highest BCUT2D eigenvalue weighted by Crippen LogP contribution is 2.14. The summed E-state index contributed by atoms with van der Waals surface area (Å²) >= 11 is 5.35. The third kappa shape index (κ3) is 9.40. The largest absolute Gasteiger partial charge is 0.468 e. The standard InChI is InChI=1S/C25H35N3O4S2/c1-4-5-8-20-12-14-21(15-13-20)27-25(33)26-18-7-6-9-23(24(29)32-3)28-34(30,31)22-16-10-19(2)11-17-22/h10-17,23,28H,4-9,18H2,1-3H3,(H2,26,27,33). The molecule has 0 aliphatic rings. The SMILES string of the molecule is CCCCc1ccc(NC(=S)NCCCCC(NS(=O)(=O)c2ccc(C)cc2)C(=O)OC)cc1. The molecule has 2 aromatic carbocycles. The number of carbonyl (C=O) groups is 1. The average Bonchev–Trinajstić information content (AvgIpc) is 2.82. The normalized spacial score (nSPS) is 12.1. The van der Waals surface area contributed by atoms with Crippen molar-refractivity contribution in [1.82, 2.24) is 10.0 Å². The molecular formula is C25H35N3O4S2. The highest BCUT2D eigenvalue weighted by molar-refractivity contribution is 7.89. The summed E-state index contributed by atoms with van der Waals surface area (Å²) in [6.45, 7) is 4.65. The average molecular weight is 506 g/mol. The molecule has 0 saturated carbocycles. The van der Waals surface area contributed by atoms with E-state index in [1.54, 1.807) is 12.1 Å². The van der Waals surface area contributed by atoms with E-state index in [9.17, 15) is 13.2 Å². The van der Waals surface area contributed by atoms with Gasteiger partial charge in [0.05, 0.1) is 12.0 Å². The maximum Gasteiger partial charge on any atom is 0.323 e. The highest BCUT2D eigenvalue weighted by atomic mass is 32.2. The summed E-state index contributed by atoms with van der Waals surface area (Å²) in [6, 6.07) is 13.7. The van der Waals surface area contributed by atoms with Crippen molar-refractivity contribution in [2.24, 2.45) is 0 Å². The fourth-order valence-electron chi connectivity index (χ4n) is 3.33. The van der Waals surface area contributed by atoms with Crippen LogP contribution in [0.25, 0.3) is 0 Å². The van der Waals surface area contributed by atoms with E-state index >= 15 is 0 Å². The van der Waals surface area contributed by atoms with Gasteiger partial charge in [0.2, 0.25) is 10.0 Å². The molecule has 0 spiro atoms. The molecule has 3 N–H and O–H groups in total. The lowest BCUT2D eigenvalue weighted by atomic mass is 10.1. The minimum Gasteiger partial charge on any atom is -0.468 e. The summed E-state index contributed by atoms with van der Waals surface area (Å²) in [5.74, 6) is -0.608. The molecule has 0 bridgehead atoms. The molecule has 0 aliphatic heterocycles. The van der Waals surface area contributed by atoms with Crippen LogP contribution in [0, 0.1) is 6.92 Å². The smallest absolute Gasteiger partial charge is 0.323 e. The number of benzene rings is 2. The Hall–Kier alpha value is -2.49. The Labute approximate surface area is 208 Å². The predicted molar refractivity (Wildman–Crippen MR) is 140 cm³/mol. The summed E-state index contributed by atoms with van der Waals surface area (Å²) in [5.41, 5.74) is 3.19. The van der Waals surface area contributed by atoms with Crippen LogP contribution in [0.3, 0.4) is 0 Å². The van der Waals surface area contributed by atoms with Gasteiger partial charge in [-0.3, -0.25) is 4.79 Å². The molecule has 0 heterocycles. The van der Waals surface area contributed by atoms with Crippen LogP contribution in [0.15, 0.2) is 53.4 Å². The molecule has 0 amide bonds. The molecule has 34 heavy (non-hydrogen) atoms. The van der Waals surface area contributed by atoms with Gasteiger partial charge in [-0.25, -0.2) is 8.42 Å². The maximum absolute atomic E-state index is 12.6. The van der Waals surface area contributed by atoms with Crippen LogP contribution in [-0.4, -0.2) is 39.2 Å². The van der Waals surface area contributed by atoms with Crippen molar-refractivity contribution in [1.29, 1.82) is 0 Å². The summed E-state index contributed by atoms with van der Waals surface area (Å²) in [5, 5.41) is 6.82. The minimum atomic E-state index is -3.83. The highest BCUT2D eigenvalue weighted by Gasteiger charge is 2.26. The van der Waals surface area contributed by atoms with Crippen molar-refractivity contribution in [3.05, 3.63) is 59.7 Å². The third-order valence-corrected chi connectivity index (χ3v) is 7.08. The Kier molecular flexibility index (Phi) is 11.5. The molecule has 0 aliphatic carbocycles. The van der Waals surface area contributed by atoms with E-state index in [4.69, 9.17) is 17.0 Å². The zero-order valence-electron chi connectivity index (χ0n) is 20.1. The van der Waals surface area contributed by atoms with Gasteiger partial charge in [-0.15, -0.1) is 0 Å². The second-order valence-corrected chi connectivity index (χ2v) is 10.3. The first-order chi connectivity index (χ1) is 16.2. The van der Waals surface area contributed by atoms with E-state index in [1.165, 1.54) is 37.6 Å². The summed E-state index contributed by atoms with van der Waals surface area (Å²) < 4.78 is 32.5. The fourth-order valence-corrected chi connectivity index (χ4v) is 4.77. The summed E-state index contributed by atoms with van der Waals surface area (Å²) in [6.07, 6.45) is 5.06. The topological polar surface area (TPSA) is 96.5 Å². The number of hydrogen-bond donors (Lipinski definition) is 3. The number of thiocarbonyl (C=S) groups is 1. The number of ether oxygens (including phenoxy) is 1. The van der Waals surface area contributed by atoms with Crippen molar-refractivity contribution >= 4 is 39.0 Å².